The number of pyridine rings is 2. The van der Waals surface area contributed by atoms with Gasteiger partial charge in [0.1, 0.15) is 40.1 Å². The maximum atomic E-state index is 14.5. The zero-order valence-corrected chi connectivity index (χ0v) is 16.2. The van der Waals surface area contributed by atoms with Crippen LogP contribution in [0.3, 0.4) is 0 Å². The molecule has 0 fully saturated rings. The Morgan fingerprint density at radius 3 is 2.79 bits per heavy atom. The number of hydrogen-bond acceptors (Lipinski definition) is 8. The summed E-state index contributed by atoms with van der Waals surface area (Å²) < 4.78 is 65.9. The number of amides is 1. The van der Waals surface area contributed by atoms with Crippen molar-refractivity contribution in [1.29, 1.82) is 0 Å². The molecule has 1 aliphatic heterocycles. The molecule has 3 heterocycles. The minimum atomic E-state index is -3.86. The van der Waals surface area contributed by atoms with Crippen LogP contribution in [0.25, 0.3) is 0 Å². The van der Waals surface area contributed by atoms with Crippen LogP contribution < -0.4 is 15.8 Å². The van der Waals surface area contributed by atoms with E-state index in [1.807, 2.05) is 0 Å². The number of anilines is 1. The number of rotatable bonds is 4. The maximum absolute atomic E-state index is 14.5. The van der Waals surface area contributed by atoms with Gasteiger partial charge in [-0.05, 0) is 31.2 Å². The highest BCUT2D eigenvalue weighted by Crippen LogP contribution is 2.32. The van der Waals surface area contributed by atoms with Gasteiger partial charge in [0.2, 0.25) is 16.0 Å². The zero-order valence-electron chi connectivity index (χ0n) is 18.4. The Bertz CT molecular complexity index is 1190. The van der Waals surface area contributed by atoms with Crippen LogP contribution >= 0.6 is 0 Å². The molecule has 1 amide bonds. The van der Waals surface area contributed by atoms with Gasteiger partial charge in [-0.3, -0.25) is 4.79 Å². The van der Waals surface area contributed by atoms with E-state index in [1.165, 1.54) is 32.2 Å². The van der Waals surface area contributed by atoms with E-state index < -0.39 is 40.1 Å². The molecule has 0 radical (unpaired) electrons. The van der Waals surface area contributed by atoms with Gasteiger partial charge in [0.25, 0.3) is 5.91 Å². The van der Waals surface area contributed by atoms with Crippen molar-refractivity contribution in [2.24, 2.45) is 10.7 Å². The Hall–Kier alpha value is -3.28. The first kappa shape index (κ1) is 16.7. The lowest BCUT2D eigenvalue weighted by Crippen LogP contribution is -2.50. The first-order chi connectivity index (χ1) is 14.7. The van der Waals surface area contributed by atoms with Crippen molar-refractivity contribution in [3.05, 3.63) is 47.7 Å². The third-order valence-electron chi connectivity index (χ3n) is 4.25. The lowest BCUT2D eigenvalue weighted by molar-refractivity contribution is 0.102. The molecular weight excluding hydrogens is 403 g/mol. The van der Waals surface area contributed by atoms with Crippen LogP contribution in [0, 0.1) is 5.82 Å². The van der Waals surface area contributed by atoms with Gasteiger partial charge in [0, 0.05) is 7.05 Å². The standard InChI is InChI=1S/C17H19FN6O4S/c1-17(9-29(26,27)24(2)16(19)23-17)14-11(18)5-7-13(21-14)22-15(25)12-6-4-10(28-3)8-20-12/h4-8H,9H2,1-3H3,(H2,19,23)(H,21,22,25)/t17-/m0/s1/i3D3. The number of nitrogens with zero attached hydrogens (tertiary/aromatic N) is 4. The summed E-state index contributed by atoms with van der Waals surface area (Å²) in [6.45, 7) is 1.37. The van der Waals surface area contributed by atoms with E-state index in [9.17, 15) is 17.6 Å². The molecule has 0 saturated heterocycles. The summed E-state index contributed by atoms with van der Waals surface area (Å²) in [5.74, 6) is -2.59. The molecule has 0 bridgehead atoms. The number of ether oxygens (including phenoxy) is 1. The molecule has 10 nitrogen and oxygen atoms in total. The van der Waals surface area contributed by atoms with Gasteiger partial charge < -0.3 is 15.8 Å². The predicted molar refractivity (Wildman–Crippen MR) is 103 cm³/mol. The molecule has 0 spiro atoms. The van der Waals surface area contributed by atoms with Crippen LogP contribution in [0.1, 0.15) is 27.2 Å². The fraction of sp³-hybridized carbons (Fsp3) is 0.294. The average molecular weight is 425 g/mol. The number of halogens is 1. The Morgan fingerprint density at radius 2 is 2.17 bits per heavy atom. The van der Waals surface area contributed by atoms with Crippen LogP contribution in [0.2, 0.25) is 0 Å². The number of carbonyl (C=O) groups is 1. The molecule has 0 aliphatic carbocycles. The van der Waals surface area contributed by atoms with Crippen LogP contribution in [0.5, 0.6) is 5.75 Å². The molecule has 0 saturated carbocycles. The number of aromatic nitrogens is 2. The number of nitrogens with two attached hydrogens (primary N) is 1. The molecule has 2 aromatic rings. The maximum Gasteiger partial charge on any atom is 0.275 e. The van der Waals surface area contributed by atoms with Gasteiger partial charge in [-0.25, -0.2) is 32.1 Å². The van der Waals surface area contributed by atoms with Crippen LogP contribution in [0.15, 0.2) is 35.5 Å². The second kappa shape index (κ2) is 7.28. The van der Waals surface area contributed by atoms with Crippen molar-refractivity contribution in [1.82, 2.24) is 14.3 Å². The quantitative estimate of drug-likeness (QED) is 0.734. The monoisotopic (exact) mass is 425 g/mol. The van der Waals surface area contributed by atoms with Gasteiger partial charge in [0.15, 0.2) is 0 Å². The van der Waals surface area contributed by atoms with E-state index in [2.05, 4.69) is 25.0 Å². The molecule has 0 unspecified atom stereocenters. The van der Waals surface area contributed by atoms with E-state index in [0.717, 1.165) is 16.6 Å². The summed E-state index contributed by atoms with van der Waals surface area (Å²) in [6, 6.07) is 4.68. The number of methoxy groups -OCH3 is 1. The van der Waals surface area contributed by atoms with Gasteiger partial charge >= 0.3 is 0 Å². The highest BCUT2D eigenvalue weighted by atomic mass is 32.2. The van der Waals surface area contributed by atoms with E-state index in [0.29, 0.717) is 0 Å². The SMILES string of the molecule is [2H]C([2H])([2H])Oc1ccc(C(=O)Nc2ccc(F)c([C@]3(C)CS(=O)(=O)N(C)C(N)=N3)n2)nc1. The van der Waals surface area contributed by atoms with Crippen molar-refractivity contribution in [2.45, 2.75) is 12.5 Å². The van der Waals surface area contributed by atoms with Crippen molar-refractivity contribution in [2.75, 3.05) is 25.2 Å². The lowest BCUT2D eigenvalue weighted by Gasteiger charge is -2.33. The smallest absolute Gasteiger partial charge is 0.275 e. The highest BCUT2D eigenvalue weighted by Gasteiger charge is 2.43. The Balaban J connectivity index is 1.86. The van der Waals surface area contributed by atoms with Crippen LogP contribution in [-0.4, -0.2) is 54.4 Å². The summed E-state index contributed by atoms with van der Waals surface area (Å²) in [5.41, 5.74) is 3.66. The van der Waals surface area contributed by atoms with Crippen molar-refractivity contribution < 1.29 is 26.5 Å². The van der Waals surface area contributed by atoms with Crippen LogP contribution in [0.4, 0.5) is 10.2 Å². The predicted octanol–water partition coefficient (Wildman–Crippen LogP) is 0.682. The second-order valence-corrected chi connectivity index (χ2v) is 8.43. The topological polar surface area (TPSA) is 140 Å². The third-order valence-corrected chi connectivity index (χ3v) is 6.20. The number of nitrogens with one attached hydrogen (secondary N) is 1. The van der Waals surface area contributed by atoms with E-state index in [-0.39, 0.29) is 28.9 Å². The van der Waals surface area contributed by atoms with E-state index >= 15 is 0 Å². The largest absolute Gasteiger partial charge is 0.495 e. The number of guanidine groups is 1. The normalized spacial score (nSPS) is 22.7. The molecule has 2 aromatic heterocycles. The summed E-state index contributed by atoms with van der Waals surface area (Å²) in [5, 5.41) is 2.42. The van der Waals surface area contributed by atoms with Crippen LogP contribution in [-0.2, 0) is 15.6 Å². The highest BCUT2D eigenvalue weighted by molar-refractivity contribution is 7.89. The van der Waals surface area contributed by atoms with Gasteiger partial charge in [-0.1, -0.05) is 0 Å². The fourth-order valence-electron chi connectivity index (χ4n) is 2.72. The molecule has 29 heavy (non-hydrogen) atoms. The molecule has 12 heteroatoms. The number of sulfonamides is 1. The zero-order chi connectivity index (χ0) is 23.9. The minimum absolute atomic E-state index is 0.0596. The first-order valence-electron chi connectivity index (χ1n) is 9.66. The average Bonchev–Trinajstić information content (AvgIpc) is 2.66. The number of aliphatic imine (C=N–C) groups is 1. The van der Waals surface area contributed by atoms with Gasteiger partial charge in [-0.15, -0.1) is 0 Å². The van der Waals surface area contributed by atoms with Gasteiger partial charge in [-0.2, -0.15) is 0 Å². The summed E-state index contributed by atoms with van der Waals surface area (Å²) in [7, 11) is -5.29. The second-order valence-electron chi connectivity index (χ2n) is 6.43. The molecule has 3 N–H and O–H groups in total. The van der Waals surface area contributed by atoms with Crippen molar-refractivity contribution >= 4 is 27.7 Å². The molecule has 1 atom stereocenters. The first-order valence-corrected chi connectivity index (χ1v) is 9.76. The molecule has 0 aromatic carbocycles. The summed E-state index contributed by atoms with van der Waals surface area (Å²) in [6.07, 6.45) is 1.06. The van der Waals surface area contributed by atoms with Crippen molar-refractivity contribution in [3.8, 4) is 5.75 Å². The van der Waals surface area contributed by atoms with Crippen molar-refractivity contribution in [3.63, 3.8) is 0 Å². The summed E-state index contributed by atoms with van der Waals surface area (Å²) >= 11 is 0. The van der Waals surface area contributed by atoms with Gasteiger partial charge in [0.05, 0.1) is 17.3 Å². The number of hydrogen-bond donors (Lipinski definition) is 2. The Morgan fingerprint density at radius 1 is 1.41 bits per heavy atom. The summed E-state index contributed by atoms with van der Waals surface area (Å²) in [4.78, 5) is 24.4. The fourth-order valence-corrected chi connectivity index (χ4v) is 4.15. The Kier molecular flexibility index (Phi) is 4.18. The molecule has 1 aliphatic rings. The number of carbonyl (C=O) groups excluding carboxylic acids is 1. The molecular formula is C17H19FN6O4S. The Labute approximate surface area is 170 Å². The minimum Gasteiger partial charge on any atom is -0.495 e. The molecule has 3 rings (SSSR count). The molecule has 154 valence electrons. The third kappa shape index (κ3) is 3.97. The lowest BCUT2D eigenvalue weighted by atomic mass is 10.00. The van der Waals surface area contributed by atoms with E-state index in [4.69, 9.17) is 9.85 Å². The van der Waals surface area contributed by atoms with E-state index in [1.54, 1.807) is 0 Å².